The molecule has 1 rings (SSSR count). The molecule has 0 spiro atoms. The van der Waals surface area contributed by atoms with Crippen LogP contribution in [0.1, 0.15) is 12.1 Å². The van der Waals surface area contributed by atoms with Gasteiger partial charge in [0, 0.05) is 25.1 Å². The van der Waals surface area contributed by atoms with E-state index in [0.717, 1.165) is 25.2 Å². The minimum absolute atomic E-state index is 0.705. The first-order valence-corrected chi connectivity index (χ1v) is 4.61. The molecule has 1 aromatic rings. The molecule has 0 unspecified atom stereocenters. The second kappa shape index (κ2) is 7.03. The van der Waals surface area contributed by atoms with E-state index in [1.165, 1.54) is 6.26 Å². The van der Waals surface area contributed by atoms with Crippen LogP contribution in [0, 0.1) is 0 Å². The molecule has 14 heavy (non-hydrogen) atoms. The van der Waals surface area contributed by atoms with Crippen LogP contribution in [0.15, 0.2) is 31.4 Å². The lowest BCUT2D eigenvalue weighted by atomic mass is 10.4. The first kappa shape index (κ1) is 10.7. The van der Waals surface area contributed by atoms with Crippen LogP contribution >= 0.6 is 0 Å². The number of rotatable bonds is 7. The molecular formula is C10H15N3O. The maximum Gasteiger partial charge on any atom is 0.0885 e. The fourth-order valence-corrected chi connectivity index (χ4v) is 1.00. The van der Waals surface area contributed by atoms with Crippen LogP contribution in [0.3, 0.4) is 0 Å². The van der Waals surface area contributed by atoms with Crippen molar-refractivity contribution in [2.75, 3.05) is 13.2 Å². The van der Waals surface area contributed by atoms with Gasteiger partial charge in [-0.25, -0.2) is 0 Å². The summed E-state index contributed by atoms with van der Waals surface area (Å²) >= 11 is 0. The van der Waals surface area contributed by atoms with Crippen LogP contribution < -0.4 is 5.32 Å². The Kier molecular flexibility index (Phi) is 5.35. The molecular weight excluding hydrogens is 178 g/mol. The van der Waals surface area contributed by atoms with E-state index in [1.807, 2.05) is 0 Å². The highest BCUT2D eigenvalue weighted by Crippen LogP contribution is 1.89. The third-order valence-electron chi connectivity index (χ3n) is 1.66. The molecule has 4 nitrogen and oxygen atoms in total. The first-order chi connectivity index (χ1) is 6.93. The van der Waals surface area contributed by atoms with Crippen molar-refractivity contribution >= 4 is 0 Å². The number of aromatic nitrogens is 2. The van der Waals surface area contributed by atoms with Crippen molar-refractivity contribution < 1.29 is 4.74 Å². The minimum Gasteiger partial charge on any atom is -0.502 e. The van der Waals surface area contributed by atoms with Gasteiger partial charge >= 0.3 is 0 Å². The van der Waals surface area contributed by atoms with Gasteiger partial charge in [-0.2, -0.15) is 0 Å². The normalized spacial score (nSPS) is 9.71. The van der Waals surface area contributed by atoms with Crippen molar-refractivity contribution in [2.24, 2.45) is 0 Å². The van der Waals surface area contributed by atoms with Crippen molar-refractivity contribution in [1.29, 1.82) is 0 Å². The molecule has 0 atom stereocenters. The number of nitrogens with zero attached hydrogens (tertiary/aromatic N) is 2. The summed E-state index contributed by atoms with van der Waals surface area (Å²) in [6.07, 6.45) is 7.54. The van der Waals surface area contributed by atoms with Gasteiger partial charge in [0.15, 0.2) is 0 Å². The Labute approximate surface area is 84.0 Å². The Hall–Kier alpha value is -1.42. The Balaban J connectivity index is 2.02. The van der Waals surface area contributed by atoms with Gasteiger partial charge in [-0.3, -0.25) is 9.97 Å². The fourth-order valence-electron chi connectivity index (χ4n) is 1.00. The second-order valence-corrected chi connectivity index (χ2v) is 2.76. The van der Waals surface area contributed by atoms with Crippen LogP contribution in [-0.4, -0.2) is 23.1 Å². The third-order valence-corrected chi connectivity index (χ3v) is 1.66. The summed E-state index contributed by atoms with van der Waals surface area (Å²) in [6, 6.07) is 0. The van der Waals surface area contributed by atoms with Gasteiger partial charge < -0.3 is 10.1 Å². The SMILES string of the molecule is C=COCCCNCc1cnccn1. The van der Waals surface area contributed by atoms with Crippen LogP contribution in [-0.2, 0) is 11.3 Å². The highest BCUT2D eigenvalue weighted by atomic mass is 16.5. The van der Waals surface area contributed by atoms with Crippen molar-refractivity contribution in [1.82, 2.24) is 15.3 Å². The monoisotopic (exact) mass is 193 g/mol. The summed E-state index contributed by atoms with van der Waals surface area (Å²) in [6.45, 7) is 5.83. The van der Waals surface area contributed by atoms with Gasteiger partial charge in [0.1, 0.15) is 0 Å². The second-order valence-electron chi connectivity index (χ2n) is 2.76. The van der Waals surface area contributed by atoms with E-state index in [2.05, 4.69) is 21.9 Å². The molecule has 0 aliphatic heterocycles. The van der Waals surface area contributed by atoms with Gasteiger partial charge in [-0.05, 0) is 13.0 Å². The van der Waals surface area contributed by atoms with Crippen molar-refractivity contribution in [3.8, 4) is 0 Å². The standard InChI is InChI=1S/C10H15N3O/c1-2-14-7-3-4-11-8-10-9-12-5-6-13-10/h2,5-6,9,11H,1,3-4,7-8H2. The Morgan fingerprint density at radius 2 is 2.43 bits per heavy atom. The van der Waals surface area contributed by atoms with Crippen molar-refractivity contribution in [3.05, 3.63) is 37.1 Å². The number of hydrogen-bond acceptors (Lipinski definition) is 4. The van der Waals surface area contributed by atoms with Gasteiger partial charge in [0.25, 0.3) is 0 Å². The molecule has 0 aliphatic rings. The molecule has 0 aliphatic carbocycles. The van der Waals surface area contributed by atoms with E-state index >= 15 is 0 Å². The lowest BCUT2D eigenvalue weighted by Crippen LogP contribution is -2.16. The van der Waals surface area contributed by atoms with E-state index in [1.54, 1.807) is 18.6 Å². The summed E-state index contributed by atoms with van der Waals surface area (Å²) in [5, 5.41) is 3.24. The predicted molar refractivity (Wildman–Crippen MR) is 54.5 cm³/mol. The summed E-state index contributed by atoms with van der Waals surface area (Å²) in [5.41, 5.74) is 0.956. The zero-order chi connectivity index (χ0) is 10.1. The Morgan fingerprint density at radius 1 is 1.50 bits per heavy atom. The molecule has 4 heteroatoms. The first-order valence-electron chi connectivity index (χ1n) is 4.61. The Bertz CT molecular complexity index is 251. The number of ether oxygens (including phenoxy) is 1. The van der Waals surface area contributed by atoms with E-state index in [9.17, 15) is 0 Å². The fraction of sp³-hybridized carbons (Fsp3) is 0.400. The molecule has 1 N–H and O–H groups in total. The van der Waals surface area contributed by atoms with E-state index < -0.39 is 0 Å². The van der Waals surface area contributed by atoms with Gasteiger partial charge in [0.05, 0.1) is 18.6 Å². The topological polar surface area (TPSA) is 47.0 Å². The molecule has 1 heterocycles. The number of nitrogens with one attached hydrogen (secondary N) is 1. The molecule has 0 bridgehead atoms. The molecule has 76 valence electrons. The lowest BCUT2D eigenvalue weighted by molar-refractivity contribution is 0.244. The van der Waals surface area contributed by atoms with E-state index in [4.69, 9.17) is 4.74 Å². The Morgan fingerprint density at radius 3 is 3.14 bits per heavy atom. The third kappa shape index (κ3) is 4.57. The maximum absolute atomic E-state index is 4.98. The van der Waals surface area contributed by atoms with Crippen molar-refractivity contribution in [3.63, 3.8) is 0 Å². The summed E-state index contributed by atoms with van der Waals surface area (Å²) in [4.78, 5) is 8.11. The molecule has 0 saturated carbocycles. The van der Waals surface area contributed by atoms with Gasteiger partial charge in [-0.15, -0.1) is 0 Å². The lowest BCUT2D eigenvalue weighted by Gasteiger charge is -2.03. The maximum atomic E-state index is 4.98. The summed E-state index contributed by atoms with van der Waals surface area (Å²) in [5.74, 6) is 0. The highest BCUT2D eigenvalue weighted by molar-refractivity contribution is 4.93. The van der Waals surface area contributed by atoms with Crippen LogP contribution in [0.4, 0.5) is 0 Å². The summed E-state index contributed by atoms with van der Waals surface area (Å²) < 4.78 is 4.98. The minimum atomic E-state index is 0.705. The average Bonchev–Trinajstić information content (AvgIpc) is 2.25. The average molecular weight is 193 g/mol. The van der Waals surface area contributed by atoms with Crippen LogP contribution in [0.2, 0.25) is 0 Å². The van der Waals surface area contributed by atoms with Gasteiger partial charge in [-0.1, -0.05) is 6.58 Å². The van der Waals surface area contributed by atoms with E-state index in [-0.39, 0.29) is 0 Å². The highest BCUT2D eigenvalue weighted by Gasteiger charge is 1.92. The smallest absolute Gasteiger partial charge is 0.0885 e. The zero-order valence-electron chi connectivity index (χ0n) is 8.15. The van der Waals surface area contributed by atoms with Crippen LogP contribution in [0.5, 0.6) is 0 Å². The number of hydrogen-bond donors (Lipinski definition) is 1. The zero-order valence-corrected chi connectivity index (χ0v) is 8.15. The molecule has 0 amide bonds. The van der Waals surface area contributed by atoms with E-state index in [0.29, 0.717) is 6.61 Å². The predicted octanol–water partition coefficient (Wildman–Crippen LogP) is 1.12. The van der Waals surface area contributed by atoms with Gasteiger partial charge in [0.2, 0.25) is 0 Å². The quantitative estimate of drug-likeness (QED) is 0.520. The molecule has 1 aromatic heterocycles. The molecule has 0 radical (unpaired) electrons. The molecule has 0 saturated heterocycles. The molecule has 0 fully saturated rings. The largest absolute Gasteiger partial charge is 0.502 e. The molecule has 0 aromatic carbocycles. The summed E-state index contributed by atoms with van der Waals surface area (Å²) in [7, 11) is 0. The van der Waals surface area contributed by atoms with Crippen molar-refractivity contribution in [2.45, 2.75) is 13.0 Å². The van der Waals surface area contributed by atoms with Crippen LogP contribution in [0.25, 0.3) is 0 Å².